The van der Waals surface area contributed by atoms with Crippen molar-refractivity contribution in [2.45, 2.75) is 44.0 Å². The Morgan fingerprint density at radius 3 is 2.55 bits per heavy atom. The Kier molecular flexibility index (Phi) is 5.44. The summed E-state index contributed by atoms with van der Waals surface area (Å²) in [5, 5.41) is 8.94. The Bertz CT molecular complexity index is 579. The number of nitrogens with one attached hydrogen (secondary N) is 1. The third kappa shape index (κ3) is 4.40. The molecule has 0 saturated heterocycles. The summed E-state index contributed by atoms with van der Waals surface area (Å²) < 4.78 is 27.1. The van der Waals surface area contributed by atoms with E-state index in [2.05, 4.69) is 4.72 Å². The molecule has 0 unspecified atom stereocenters. The normalized spacial score (nSPS) is 12.4. The van der Waals surface area contributed by atoms with Gasteiger partial charge in [-0.15, -0.1) is 0 Å². The van der Waals surface area contributed by atoms with Gasteiger partial charge in [0.15, 0.2) is 5.78 Å². The third-order valence-electron chi connectivity index (χ3n) is 2.93. The van der Waals surface area contributed by atoms with Gasteiger partial charge >= 0.3 is 0 Å². The van der Waals surface area contributed by atoms with Crippen LogP contribution in [-0.2, 0) is 10.0 Å². The molecule has 0 fully saturated rings. The molecule has 6 heteroatoms. The molecule has 0 heterocycles. The van der Waals surface area contributed by atoms with Crippen molar-refractivity contribution in [3.8, 4) is 0 Å². The Balaban J connectivity index is 3.07. The highest BCUT2D eigenvalue weighted by Gasteiger charge is 2.26. The van der Waals surface area contributed by atoms with Gasteiger partial charge < -0.3 is 5.11 Å². The highest BCUT2D eigenvalue weighted by molar-refractivity contribution is 7.89. The van der Waals surface area contributed by atoms with Crippen molar-refractivity contribution in [2.24, 2.45) is 0 Å². The number of hydrogen-bond acceptors (Lipinski definition) is 4. The molecule has 0 spiro atoms. The molecule has 0 aliphatic rings. The highest BCUT2D eigenvalue weighted by atomic mass is 32.2. The fourth-order valence-electron chi connectivity index (χ4n) is 1.79. The van der Waals surface area contributed by atoms with Crippen molar-refractivity contribution in [1.82, 2.24) is 4.72 Å². The molecule has 0 radical (unpaired) electrons. The summed E-state index contributed by atoms with van der Waals surface area (Å²) in [7, 11) is -3.72. The summed E-state index contributed by atoms with van der Waals surface area (Å²) in [4.78, 5) is 11.7. The quantitative estimate of drug-likeness (QED) is 0.751. The average molecular weight is 299 g/mol. The van der Waals surface area contributed by atoms with Crippen LogP contribution < -0.4 is 4.72 Å². The van der Waals surface area contributed by atoms with E-state index >= 15 is 0 Å². The molecule has 1 rings (SSSR count). The summed E-state index contributed by atoms with van der Waals surface area (Å²) >= 11 is 0. The largest absolute Gasteiger partial charge is 0.396 e. The molecular weight excluding hydrogens is 278 g/mol. The number of Topliss-reactive ketones (excluding diaryl/α,β-unsaturated/α-hetero) is 1. The van der Waals surface area contributed by atoms with Gasteiger partial charge in [-0.05, 0) is 32.4 Å². The van der Waals surface area contributed by atoms with Gasteiger partial charge in [0.25, 0.3) is 0 Å². The molecule has 0 bridgehead atoms. The smallest absolute Gasteiger partial charge is 0.241 e. The van der Waals surface area contributed by atoms with Crippen LogP contribution in [0.25, 0.3) is 0 Å². The monoisotopic (exact) mass is 299 g/mol. The van der Waals surface area contributed by atoms with Crippen LogP contribution in [-0.4, -0.2) is 31.5 Å². The van der Waals surface area contributed by atoms with Crippen LogP contribution in [0.3, 0.4) is 0 Å². The van der Waals surface area contributed by atoms with Crippen molar-refractivity contribution in [1.29, 1.82) is 0 Å². The average Bonchev–Trinajstić information content (AvgIpc) is 2.36. The van der Waals surface area contributed by atoms with Gasteiger partial charge in [0.1, 0.15) is 0 Å². The Labute approximate surface area is 120 Å². The molecule has 0 aliphatic carbocycles. The van der Waals surface area contributed by atoms with E-state index in [1.54, 1.807) is 32.9 Å². The van der Waals surface area contributed by atoms with E-state index in [4.69, 9.17) is 5.11 Å². The number of sulfonamides is 1. The molecular formula is C14H21NO4S. The number of ketones is 1. The van der Waals surface area contributed by atoms with Crippen LogP contribution >= 0.6 is 0 Å². The first kappa shape index (κ1) is 16.8. The summed E-state index contributed by atoms with van der Waals surface area (Å²) in [5.74, 6) is -0.100. The van der Waals surface area contributed by atoms with Crippen molar-refractivity contribution < 1.29 is 18.3 Å². The van der Waals surface area contributed by atoms with Crippen LogP contribution in [0.5, 0.6) is 0 Å². The second kappa shape index (κ2) is 6.47. The van der Waals surface area contributed by atoms with Gasteiger partial charge in [0, 0.05) is 24.1 Å². The summed E-state index contributed by atoms with van der Waals surface area (Å²) in [6.07, 6.45) is 0.632. The predicted octanol–water partition coefficient (Wildman–Crippen LogP) is 1.72. The SMILES string of the molecule is CCC(=O)c1cccc(S(=O)(=O)NC(C)(C)CCO)c1. The van der Waals surface area contributed by atoms with E-state index in [1.165, 1.54) is 12.1 Å². The lowest BCUT2D eigenvalue weighted by atomic mass is 10.0. The molecule has 0 aromatic heterocycles. The number of aliphatic hydroxyl groups is 1. The molecule has 1 aromatic carbocycles. The van der Waals surface area contributed by atoms with Crippen molar-refractivity contribution >= 4 is 15.8 Å². The lowest BCUT2D eigenvalue weighted by molar-refractivity contribution is 0.0988. The zero-order chi connectivity index (χ0) is 15.4. The second-order valence-corrected chi connectivity index (χ2v) is 6.95. The van der Waals surface area contributed by atoms with Crippen LogP contribution in [0.1, 0.15) is 44.0 Å². The fraction of sp³-hybridized carbons (Fsp3) is 0.500. The minimum absolute atomic E-state index is 0.0582. The number of carbonyl (C=O) groups excluding carboxylic acids is 1. The van der Waals surface area contributed by atoms with Gasteiger partial charge in [-0.3, -0.25) is 4.79 Å². The molecule has 20 heavy (non-hydrogen) atoms. The summed E-state index contributed by atoms with van der Waals surface area (Å²) in [6.45, 7) is 5.01. The van der Waals surface area contributed by atoms with Crippen LogP contribution in [0.4, 0.5) is 0 Å². The zero-order valence-corrected chi connectivity index (χ0v) is 12.8. The maximum absolute atomic E-state index is 12.3. The Hall–Kier alpha value is -1.24. The molecule has 1 aromatic rings. The maximum atomic E-state index is 12.3. The summed E-state index contributed by atoms with van der Waals surface area (Å²) in [6, 6.07) is 5.98. The highest BCUT2D eigenvalue weighted by Crippen LogP contribution is 2.17. The van der Waals surface area contributed by atoms with Crippen molar-refractivity contribution in [3.63, 3.8) is 0 Å². The number of carbonyl (C=O) groups is 1. The lowest BCUT2D eigenvalue weighted by Crippen LogP contribution is -2.43. The van der Waals surface area contributed by atoms with E-state index in [9.17, 15) is 13.2 Å². The van der Waals surface area contributed by atoms with Crippen LogP contribution in [0.15, 0.2) is 29.2 Å². The van der Waals surface area contributed by atoms with Crippen LogP contribution in [0.2, 0.25) is 0 Å². The number of aliphatic hydroxyl groups excluding tert-OH is 1. The first-order chi connectivity index (χ1) is 9.22. The van der Waals surface area contributed by atoms with E-state index in [-0.39, 0.29) is 17.3 Å². The Morgan fingerprint density at radius 2 is 2.00 bits per heavy atom. The molecule has 5 nitrogen and oxygen atoms in total. The van der Waals surface area contributed by atoms with Crippen molar-refractivity contribution in [3.05, 3.63) is 29.8 Å². The van der Waals surface area contributed by atoms with E-state index in [0.717, 1.165) is 0 Å². The zero-order valence-electron chi connectivity index (χ0n) is 12.0. The molecule has 0 amide bonds. The Morgan fingerprint density at radius 1 is 1.35 bits per heavy atom. The number of benzene rings is 1. The standard InChI is InChI=1S/C14H21NO4S/c1-4-13(17)11-6-5-7-12(10-11)20(18,19)15-14(2,3)8-9-16/h5-7,10,15-16H,4,8-9H2,1-3H3. The maximum Gasteiger partial charge on any atom is 0.241 e. The molecule has 2 N–H and O–H groups in total. The minimum atomic E-state index is -3.72. The van der Waals surface area contributed by atoms with Gasteiger partial charge in [-0.2, -0.15) is 0 Å². The molecule has 0 saturated carbocycles. The van der Waals surface area contributed by atoms with Gasteiger partial charge in [-0.25, -0.2) is 13.1 Å². The number of rotatable bonds is 7. The number of hydrogen-bond donors (Lipinski definition) is 2. The van der Waals surface area contributed by atoms with Gasteiger partial charge in [-0.1, -0.05) is 19.1 Å². The van der Waals surface area contributed by atoms with E-state index in [1.807, 2.05) is 0 Å². The molecule has 112 valence electrons. The van der Waals surface area contributed by atoms with E-state index < -0.39 is 15.6 Å². The second-order valence-electron chi connectivity index (χ2n) is 5.27. The van der Waals surface area contributed by atoms with Gasteiger partial charge in [0.2, 0.25) is 10.0 Å². The first-order valence-corrected chi connectivity index (χ1v) is 7.98. The molecule has 0 atom stereocenters. The lowest BCUT2D eigenvalue weighted by Gasteiger charge is -2.25. The fourth-order valence-corrected chi connectivity index (χ4v) is 3.28. The topological polar surface area (TPSA) is 83.5 Å². The van der Waals surface area contributed by atoms with Crippen LogP contribution in [0, 0.1) is 0 Å². The van der Waals surface area contributed by atoms with Gasteiger partial charge in [0.05, 0.1) is 4.90 Å². The predicted molar refractivity (Wildman–Crippen MR) is 77.2 cm³/mol. The van der Waals surface area contributed by atoms with Crippen molar-refractivity contribution in [2.75, 3.05) is 6.61 Å². The summed E-state index contributed by atoms with van der Waals surface area (Å²) in [5.41, 5.74) is -0.367. The molecule has 0 aliphatic heterocycles. The first-order valence-electron chi connectivity index (χ1n) is 6.50. The minimum Gasteiger partial charge on any atom is -0.396 e. The van der Waals surface area contributed by atoms with E-state index in [0.29, 0.717) is 18.4 Å². The third-order valence-corrected chi connectivity index (χ3v) is 4.63.